The number of aromatic nitrogens is 2. The Morgan fingerprint density at radius 1 is 1.47 bits per heavy atom. The van der Waals surface area contributed by atoms with E-state index in [0.29, 0.717) is 11.0 Å². The number of methoxy groups -OCH3 is 1. The van der Waals surface area contributed by atoms with Crippen molar-refractivity contribution in [3.63, 3.8) is 0 Å². The summed E-state index contributed by atoms with van der Waals surface area (Å²) in [6, 6.07) is 5.66. The number of rotatable bonds is 2. The molecule has 1 aromatic carbocycles. The van der Waals surface area contributed by atoms with Gasteiger partial charge in [0, 0.05) is 16.0 Å². The molecule has 0 aliphatic carbocycles. The van der Waals surface area contributed by atoms with Crippen molar-refractivity contribution in [1.29, 1.82) is 0 Å². The fourth-order valence-electron chi connectivity index (χ4n) is 1.20. The average molecular weight is 286 g/mol. The molecule has 15 heavy (non-hydrogen) atoms. The number of nitrogen functional groups attached to an aromatic ring is 1. The van der Waals surface area contributed by atoms with E-state index < -0.39 is 0 Å². The molecular formula is C9H8BrN3OS. The molecule has 0 bridgehead atoms. The van der Waals surface area contributed by atoms with E-state index in [1.807, 2.05) is 18.2 Å². The molecule has 2 N–H and O–H groups in total. The summed E-state index contributed by atoms with van der Waals surface area (Å²) in [4.78, 5) is 4.12. The Bertz CT molecular complexity index is 486. The van der Waals surface area contributed by atoms with Gasteiger partial charge in [0.15, 0.2) is 11.0 Å². The smallest absolute Gasteiger partial charge is 0.200 e. The Balaban J connectivity index is 2.55. The molecule has 0 radical (unpaired) electrons. The molecule has 0 spiro atoms. The first kappa shape index (κ1) is 10.4. The fourth-order valence-corrected chi connectivity index (χ4v) is 2.01. The van der Waals surface area contributed by atoms with E-state index in [1.54, 1.807) is 7.11 Å². The van der Waals surface area contributed by atoms with Crippen LogP contribution in [0, 0.1) is 0 Å². The quantitative estimate of drug-likeness (QED) is 0.921. The molecule has 0 atom stereocenters. The van der Waals surface area contributed by atoms with Gasteiger partial charge in [-0.3, -0.25) is 0 Å². The fraction of sp³-hybridized carbons (Fsp3) is 0.111. The van der Waals surface area contributed by atoms with Crippen molar-refractivity contribution in [3.05, 3.63) is 22.7 Å². The third kappa shape index (κ3) is 2.10. The zero-order valence-corrected chi connectivity index (χ0v) is 10.3. The zero-order chi connectivity index (χ0) is 10.8. The van der Waals surface area contributed by atoms with Crippen LogP contribution in [0.1, 0.15) is 0 Å². The molecule has 6 heteroatoms. The number of benzene rings is 1. The summed E-state index contributed by atoms with van der Waals surface area (Å²) in [5.41, 5.74) is 6.37. The summed E-state index contributed by atoms with van der Waals surface area (Å²) < 4.78 is 10.3. The molecule has 4 nitrogen and oxygen atoms in total. The van der Waals surface area contributed by atoms with Crippen LogP contribution in [0.5, 0.6) is 5.75 Å². The highest BCUT2D eigenvalue weighted by Crippen LogP contribution is 2.31. The maximum Gasteiger partial charge on any atom is 0.200 e. The van der Waals surface area contributed by atoms with Crippen molar-refractivity contribution in [2.75, 3.05) is 12.8 Å². The largest absolute Gasteiger partial charge is 0.496 e. The predicted molar refractivity (Wildman–Crippen MR) is 64.0 cm³/mol. The van der Waals surface area contributed by atoms with Gasteiger partial charge in [-0.15, -0.1) is 0 Å². The van der Waals surface area contributed by atoms with Gasteiger partial charge < -0.3 is 10.5 Å². The van der Waals surface area contributed by atoms with Crippen molar-refractivity contribution in [2.45, 2.75) is 0 Å². The van der Waals surface area contributed by atoms with Crippen LogP contribution in [-0.2, 0) is 0 Å². The predicted octanol–water partition coefficient (Wildman–Crippen LogP) is 2.56. The second-order valence-electron chi connectivity index (χ2n) is 2.80. The van der Waals surface area contributed by atoms with Crippen LogP contribution in [-0.4, -0.2) is 16.5 Å². The number of halogens is 1. The average Bonchev–Trinajstić information content (AvgIpc) is 2.65. The summed E-state index contributed by atoms with van der Waals surface area (Å²) in [6.45, 7) is 0. The molecule has 2 aromatic rings. The van der Waals surface area contributed by atoms with Crippen LogP contribution in [0.15, 0.2) is 22.7 Å². The van der Waals surface area contributed by atoms with Crippen LogP contribution in [0.3, 0.4) is 0 Å². The lowest BCUT2D eigenvalue weighted by atomic mass is 10.2. The van der Waals surface area contributed by atoms with Crippen molar-refractivity contribution in [3.8, 4) is 17.1 Å². The minimum Gasteiger partial charge on any atom is -0.496 e. The molecule has 0 saturated carbocycles. The van der Waals surface area contributed by atoms with E-state index in [-0.39, 0.29) is 0 Å². The highest BCUT2D eigenvalue weighted by atomic mass is 79.9. The first-order valence-electron chi connectivity index (χ1n) is 4.14. The van der Waals surface area contributed by atoms with E-state index in [1.165, 1.54) is 11.5 Å². The maximum atomic E-state index is 5.54. The third-order valence-electron chi connectivity index (χ3n) is 1.84. The molecular weight excluding hydrogens is 278 g/mol. The van der Waals surface area contributed by atoms with E-state index in [4.69, 9.17) is 10.5 Å². The molecule has 0 amide bonds. The first-order valence-corrected chi connectivity index (χ1v) is 5.70. The Morgan fingerprint density at radius 2 is 2.27 bits per heavy atom. The number of nitrogens with two attached hydrogens (primary N) is 1. The number of hydrogen-bond acceptors (Lipinski definition) is 5. The Kier molecular flexibility index (Phi) is 2.88. The zero-order valence-electron chi connectivity index (χ0n) is 7.90. The molecule has 78 valence electrons. The second kappa shape index (κ2) is 4.16. The van der Waals surface area contributed by atoms with E-state index >= 15 is 0 Å². The molecule has 1 heterocycles. The monoisotopic (exact) mass is 285 g/mol. The van der Waals surface area contributed by atoms with Crippen LogP contribution in [0.25, 0.3) is 11.4 Å². The van der Waals surface area contributed by atoms with Gasteiger partial charge in [-0.25, -0.2) is 0 Å². The van der Waals surface area contributed by atoms with Gasteiger partial charge in [0.1, 0.15) is 5.75 Å². The summed E-state index contributed by atoms with van der Waals surface area (Å²) in [5, 5.41) is 0.451. The van der Waals surface area contributed by atoms with Gasteiger partial charge in [0.25, 0.3) is 0 Å². The van der Waals surface area contributed by atoms with Gasteiger partial charge in [-0.2, -0.15) is 9.36 Å². The number of ether oxygens (including phenoxy) is 1. The number of nitrogens with zero attached hydrogens (tertiary/aromatic N) is 2. The normalized spacial score (nSPS) is 10.3. The Hall–Kier alpha value is -1.14. The number of hydrogen-bond donors (Lipinski definition) is 1. The minimum atomic E-state index is 0.451. The molecule has 0 fully saturated rings. The van der Waals surface area contributed by atoms with Crippen molar-refractivity contribution >= 4 is 32.6 Å². The van der Waals surface area contributed by atoms with Gasteiger partial charge in [0.05, 0.1) is 12.7 Å². The Labute approximate surface area is 99.4 Å². The van der Waals surface area contributed by atoms with Crippen LogP contribution in [0.4, 0.5) is 5.13 Å². The van der Waals surface area contributed by atoms with Gasteiger partial charge in [0.2, 0.25) is 0 Å². The third-order valence-corrected chi connectivity index (χ3v) is 2.88. The lowest BCUT2D eigenvalue weighted by Gasteiger charge is -2.05. The first-order chi connectivity index (χ1) is 7.20. The standard InChI is InChI=1S/C9H8BrN3OS/c1-14-7-3-2-5(10)4-6(7)8-12-9(11)15-13-8/h2-4H,1H3,(H2,11,12,13). The summed E-state index contributed by atoms with van der Waals surface area (Å²) in [5.74, 6) is 1.33. The topological polar surface area (TPSA) is 61.0 Å². The molecule has 0 aliphatic heterocycles. The van der Waals surface area contributed by atoms with Crippen LogP contribution < -0.4 is 10.5 Å². The van der Waals surface area contributed by atoms with Crippen LogP contribution in [0.2, 0.25) is 0 Å². The maximum absolute atomic E-state index is 5.54. The molecule has 0 unspecified atom stereocenters. The molecule has 2 rings (SSSR count). The molecule has 0 saturated heterocycles. The van der Waals surface area contributed by atoms with E-state index in [0.717, 1.165) is 15.8 Å². The highest BCUT2D eigenvalue weighted by Gasteiger charge is 2.11. The summed E-state index contributed by atoms with van der Waals surface area (Å²) >= 11 is 4.56. The Morgan fingerprint density at radius 3 is 2.87 bits per heavy atom. The van der Waals surface area contributed by atoms with Crippen molar-refractivity contribution < 1.29 is 4.74 Å². The summed E-state index contributed by atoms with van der Waals surface area (Å²) in [6.07, 6.45) is 0. The van der Waals surface area contributed by atoms with Crippen molar-refractivity contribution in [2.24, 2.45) is 0 Å². The van der Waals surface area contributed by atoms with E-state index in [2.05, 4.69) is 25.3 Å². The minimum absolute atomic E-state index is 0.451. The van der Waals surface area contributed by atoms with Crippen molar-refractivity contribution in [1.82, 2.24) is 9.36 Å². The highest BCUT2D eigenvalue weighted by molar-refractivity contribution is 9.10. The SMILES string of the molecule is COc1ccc(Br)cc1-c1nsc(N)n1. The number of anilines is 1. The van der Waals surface area contributed by atoms with Gasteiger partial charge in [-0.1, -0.05) is 15.9 Å². The lowest BCUT2D eigenvalue weighted by molar-refractivity contribution is 0.416. The van der Waals surface area contributed by atoms with Crippen LogP contribution >= 0.6 is 27.5 Å². The summed E-state index contributed by atoms with van der Waals surface area (Å²) in [7, 11) is 1.61. The van der Waals surface area contributed by atoms with Gasteiger partial charge in [-0.05, 0) is 18.2 Å². The molecule has 0 aliphatic rings. The lowest BCUT2D eigenvalue weighted by Crippen LogP contribution is -1.90. The molecule has 1 aromatic heterocycles. The van der Waals surface area contributed by atoms with E-state index in [9.17, 15) is 0 Å². The van der Waals surface area contributed by atoms with Gasteiger partial charge >= 0.3 is 0 Å². The second-order valence-corrected chi connectivity index (χ2v) is 4.50.